The fourth-order valence-corrected chi connectivity index (χ4v) is 3.36. The van der Waals surface area contributed by atoms with Gasteiger partial charge in [-0.05, 0) is 42.4 Å². The summed E-state index contributed by atoms with van der Waals surface area (Å²) in [6, 6.07) is 4.93. The number of methoxy groups -OCH3 is 1. The van der Waals surface area contributed by atoms with Crippen molar-refractivity contribution in [1.82, 2.24) is 5.32 Å². The van der Waals surface area contributed by atoms with Crippen LogP contribution in [0.2, 0.25) is 0 Å². The Morgan fingerprint density at radius 3 is 2.89 bits per heavy atom. The van der Waals surface area contributed by atoms with Crippen LogP contribution in [-0.4, -0.2) is 36.2 Å². The Kier molecular flexibility index (Phi) is 4.96. The molecule has 0 saturated carbocycles. The minimum atomic E-state index is -0.241. The Hall–Kier alpha value is -1.36. The third-order valence-electron chi connectivity index (χ3n) is 3.36. The van der Waals surface area contributed by atoms with E-state index in [-0.39, 0.29) is 17.2 Å². The molecule has 1 heterocycles. The molecule has 5 heteroatoms. The molecule has 1 fully saturated rings. The molecule has 0 aliphatic carbocycles. The van der Waals surface area contributed by atoms with Gasteiger partial charge < -0.3 is 15.2 Å². The molecule has 0 spiro atoms. The van der Waals surface area contributed by atoms with Crippen LogP contribution in [0, 0.1) is 5.92 Å². The summed E-state index contributed by atoms with van der Waals surface area (Å²) < 4.78 is 5.00. The van der Waals surface area contributed by atoms with Gasteiger partial charge >= 0.3 is 0 Å². The maximum absolute atomic E-state index is 12.0. The normalized spacial score (nSPS) is 16.1. The van der Waals surface area contributed by atoms with Crippen molar-refractivity contribution in [3.8, 4) is 11.5 Å². The molecule has 1 aliphatic rings. The molecule has 0 aromatic heterocycles. The predicted molar refractivity (Wildman–Crippen MR) is 77.0 cm³/mol. The zero-order valence-electron chi connectivity index (χ0n) is 11.0. The Bertz CT molecular complexity index is 444. The van der Waals surface area contributed by atoms with Crippen LogP contribution in [0.3, 0.4) is 0 Å². The average molecular weight is 281 g/mol. The summed E-state index contributed by atoms with van der Waals surface area (Å²) in [5.41, 5.74) is 0.268. The zero-order chi connectivity index (χ0) is 13.7. The van der Waals surface area contributed by atoms with Crippen LogP contribution in [0.15, 0.2) is 18.2 Å². The highest BCUT2D eigenvalue weighted by molar-refractivity contribution is 7.99. The number of amides is 1. The van der Waals surface area contributed by atoms with E-state index in [1.807, 2.05) is 11.8 Å². The van der Waals surface area contributed by atoms with Crippen molar-refractivity contribution in [2.24, 2.45) is 5.92 Å². The first kappa shape index (κ1) is 14.1. The highest BCUT2D eigenvalue weighted by atomic mass is 32.2. The number of hydrogen-bond donors (Lipinski definition) is 2. The van der Waals surface area contributed by atoms with E-state index in [9.17, 15) is 9.90 Å². The lowest BCUT2D eigenvalue weighted by molar-refractivity contribution is 0.0943. The molecule has 1 amide bonds. The Morgan fingerprint density at radius 1 is 1.47 bits per heavy atom. The molecule has 0 bridgehead atoms. The van der Waals surface area contributed by atoms with Crippen molar-refractivity contribution >= 4 is 17.7 Å². The topological polar surface area (TPSA) is 58.6 Å². The number of hydrogen-bond acceptors (Lipinski definition) is 4. The van der Waals surface area contributed by atoms with Gasteiger partial charge in [-0.25, -0.2) is 0 Å². The van der Waals surface area contributed by atoms with Gasteiger partial charge in [-0.15, -0.1) is 0 Å². The van der Waals surface area contributed by atoms with Gasteiger partial charge in [0.2, 0.25) is 0 Å². The van der Waals surface area contributed by atoms with Gasteiger partial charge in [0.1, 0.15) is 0 Å². The number of carbonyl (C=O) groups is 1. The van der Waals surface area contributed by atoms with Crippen molar-refractivity contribution in [1.29, 1.82) is 0 Å². The molecule has 2 rings (SSSR count). The van der Waals surface area contributed by atoms with Gasteiger partial charge in [-0.2, -0.15) is 11.8 Å². The molecule has 0 atom stereocenters. The Labute approximate surface area is 117 Å². The number of thioether (sulfide) groups is 1. The summed E-state index contributed by atoms with van der Waals surface area (Å²) >= 11 is 1.97. The molecule has 1 aliphatic heterocycles. The third-order valence-corrected chi connectivity index (χ3v) is 4.40. The van der Waals surface area contributed by atoms with Gasteiger partial charge in [0.15, 0.2) is 11.5 Å². The molecule has 2 N–H and O–H groups in total. The first-order valence-corrected chi connectivity index (χ1v) is 7.59. The molecule has 1 saturated heterocycles. The molecule has 0 unspecified atom stereocenters. The van der Waals surface area contributed by atoms with Crippen molar-refractivity contribution in [2.75, 3.05) is 25.2 Å². The summed E-state index contributed by atoms with van der Waals surface area (Å²) in [6.45, 7) is 0.677. The van der Waals surface area contributed by atoms with Gasteiger partial charge in [-0.1, -0.05) is 6.07 Å². The smallest absolute Gasteiger partial charge is 0.255 e. The third kappa shape index (κ3) is 3.56. The van der Waals surface area contributed by atoms with Crippen LogP contribution >= 0.6 is 11.8 Å². The van der Waals surface area contributed by atoms with Crippen molar-refractivity contribution in [2.45, 2.75) is 12.8 Å². The average Bonchev–Trinajstić information content (AvgIpc) is 2.46. The molecule has 0 radical (unpaired) electrons. The van der Waals surface area contributed by atoms with Crippen LogP contribution in [0.5, 0.6) is 11.5 Å². The summed E-state index contributed by atoms with van der Waals surface area (Å²) in [5.74, 6) is 2.88. The molecule has 19 heavy (non-hydrogen) atoms. The summed E-state index contributed by atoms with van der Waals surface area (Å²) in [4.78, 5) is 12.0. The van der Waals surface area contributed by atoms with Gasteiger partial charge in [0.25, 0.3) is 5.91 Å². The number of aromatic hydroxyl groups is 1. The molecule has 1 aromatic rings. The van der Waals surface area contributed by atoms with Crippen LogP contribution in [0.1, 0.15) is 23.2 Å². The lowest BCUT2D eigenvalue weighted by atomic mass is 10.0. The van der Waals surface area contributed by atoms with E-state index in [0.29, 0.717) is 18.2 Å². The maximum atomic E-state index is 12.0. The number of ether oxygens (including phenoxy) is 1. The minimum Gasteiger partial charge on any atom is -0.504 e. The molecular weight excluding hydrogens is 262 g/mol. The van der Waals surface area contributed by atoms with Crippen LogP contribution < -0.4 is 10.1 Å². The van der Waals surface area contributed by atoms with Crippen LogP contribution in [0.25, 0.3) is 0 Å². The second kappa shape index (κ2) is 6.70. The predicted octanol–water partition coefficient (Wildman–Crippen LogP) is 2.27. The lowest BCUT2D eigenvalue weighted by Gasteiger charge is -2.21. The van der Waals surface area contributed by atoms with E-state index in [0.717, 1.165) is 12.8 Å². The fraction of sp³-hybridized carbons (Fsp3) is 0.500. The second-order valence-corrected chi connectivity index (χ2v) is 5.85. The Balaban J connectivity index is 1.95. The van der Waals surface area contributed by atoms with E-state index < -0.39 is 0 Å². The zero-order valence-corrected chi connectivity index (χ0v) is 11.8. The molecule has 4 nitrogen and oxygen atoms in total. The lowest BCUT2D eigenvalue weighted by Crippen LogP contribution is -2.31. The molecule has 104 valence electrons. The Morgan fingerprint density at radius 2 is 2.21 bits per heavy atom. The fourth-order valence-electron chi connectivity index (χ4n) is 2.15. The number of phenolic OH excluding ortho intramolecular Hbond substituents is 1. The van der Waals surface area contributed by atoms with Crippen molar-refractivity contribution in [3.63, 3.8) is 0 Å². The molecule has 1 aromatic carbocycles. The van der Waals surface area contributed by atoms with E-state index >= 15 is 0 Å². The summed E-state index contributed by atoms with van der Waals surface area (Å²) in [7, 11) is 1.47. The highest BCUT2D eigenvalue weighted by Crippen LogP contribution is 2.29. The number of carbonyl (C=O) groups excluding carboxylic acids is 1. The number of para-hydroxylation sites is 1. The summed E-state index contributed by atoms with van der Waals surface area (Å²) in [5, 5.41) is 12.8. The highest BCUT2D eigenvalue weighted by Gasteiger charge is 2.18. The maximum Gasteiger partial charge on any atom is 0.255 e. The number of nitrogens with one attached hydrogen (secondary N) is 1. The monoisotopic (exact) mass is 281 g/mol. The minimum absolute atomic E-state index is 0.0956. The first-order valence-electron chi connectivity index (χ1n) is 6.44. The SMILES string of the molecule is COc1cccc(C(=O)NCC2CCSCC2)c1O. The van der Waals surface area contributed by atoms with E-state index in [2.05, 4.69) is 5.32 Å². The first-order chi connectivity index (χ1) is 9.22. The van der Waals surface area contributed by atoms with Gasteiger partial charge in [0, 0.05) is 6.54 Å². The number of rotatable bonds is 4. The van der Waals surface area contributed by atoms with Crippen LogP contribution in [-0.2, 0) is 0 Å². The van der Waals surface area contributed by atoms with Gasteiger partial charge in [-0.3, -0.25) is 4.79 Å². The number of benzene rings is 1. The standard InChI is InChI=1S/C14H19NO3S/c1-18-12-4-2-3-11(13(12)16)14(17)15-9-10-5-7-19-8-6-10/h2-4,10,16H,5-9H2,1H3,(H,15,17). The summed E-state index contributed by atoms with van der Waals surface area (Å²) in [6.07, 6.45) is 2.30. The van der Waals surface area contributed by atoms with Gasteiger partial charge in [0.05, 0.1) is 12.7 Å². The van der Waals surface area contributed by atoms with E-state index in [1.165, 1.54) is 18.6 Å². The van der Waals surface area contributed by atoms with E-state index in [4.69, 9.17) is 4.74 Å². The number of phenols is 1. The molecular formula is C14H19NO3S. The quantitative estimate of drug-likeness (QED) is 0.889. The largest absolute Gasteiger partial charge is 0.504 e. The van der Waals surface area contributed by atoms with Crippen molar-refractivity contribution in [3.05, 3.63) is 23.8 Å². The van der Waals surface area contributed by atoms with Crippen LogP contribution in [0.4, 0.5) is 0 Å². The van der Waals surface area contributed by atoms with E-state index in [1.54, 1.807) is 18.2 Å². The van der Waals surface area contributed by atoms with Crippen molar-refractivity contribution < 1.29 is 14.6 Å². The second-order valence-electron chi connectivity index (χ2n) is 4.62.